The molecule has 5 nitrogen and oxygen atoms in total. The van der Waals surface area contributed by atoms with Crippen molar-refractivity contribution in [2.75, 3.05) is 14.2 Å². The number of thiocarbonyl (C=S) groups is 1. The molecule has 2 aromatic carbocycles. The van der Waals surface area contributed by atoms with Crippen LogP contribution in [0.5, 0.6) is 11.5 Å². The molecule has 0 aromatic heterocycles. The lowest BCUT2D eigenvalue weighted by Gasteiger charge is -2.38. The first kappa shape index (κ1) is 19.6. The van der Waals surface area contributed by atoms with Crippen LogP contribution in [-0.2, 0) is 0 Å². The number of rotatable bonds is 4. The molecule has 1 heterocycles. The Kier molecular flexibility index (Phi) is 5.37. The summed E-state index contributed by atoms with van der Waals surface area (Å²) in [7, 11) is 3.14. The van der Waals surface area contributed by atoms with Gasteiger partial charge in [-0.1, -0.05) is 49.0 Å². The van der Waals surface area contributed by atoms with Gasteiger partial charge >= 0.3 is 0 Å². The molecule has 29 heavy (non-hydrogen) atoms. The van der Waals surface area contributed by atoms with Gasteiger partial charge in [0.2, 0.25) is 0 Å². The van der Waals surface area contributed by atoms with Gasteiger partial charge in [0.1, 0.15) is 16.4 Å². The molecule has 0 radical (unpaired) electrons. The van der Waals surface area contributed by atoms with Gasteiger partial charge in [-0.15, -0.1) is 0 Å². The molecule has 4 rings (SSSR count). The van der Waals surface area contributed by atoms with Crippen LogP contribution in [0.2, 0.25) is 0 Å². The Morgan fingerprint density at radius 3 is 2.34 bits per heavy atom. The van der Waals surface area contributed by atoms with Crippen LogP contribution >= 0.6 is 12.2 Å². The van der Waals surface area contributed by atoms with E-state index >= 15 is 0 Å². The van der Waals surface area contributed by atoms with E-state index < -0.39 is 5.66 Å². The van der Waals surface area contributed by atoms with E-state index in [4.69, 9.17) is 26.7 Å². The van der Waals surface area contributed by atoms with Crippen molar-refractivity contribution in [1.29, 1.82) is 0 Å². The van der Waals surface area contributed by atoms with Crippen LogP contribution in [-0.4, -0.2) is 41.4 Å². The van der Waals surface area contributed by atoms with Crippen molar-refractivity contribution in [3.05, 3.63) is 59.7 Å². The minimum atomic E-state index is -0.593. The first-order valence-electron chi connectivity index (χ1n) is 9.86. The number of hydrogen-bond donors (Lipinski definition) is 0. The monoisotopic (exact) mass is 408 g/mol. The van der Waals surface area contributed by atoms with Gasteiger partial charge in [-0.2, -0.15) is 0 Å². The summed E-state index contributed by atoms with van der Waals surface area (Å²) in [5.41, 5.74) is 1.60. The van der Waals surface area contributed by atoms with Crippen molar-refractivity contribution >= 4 is 28.8 Å². The highest BCUT2D eigenvalue weighted by molar-refractivity contribution is 7.82. The Hall–Kier alpha value is -2.73. The molecule has 0 N–H and O–H groups in total. The number of methoxy groups -OCH3 is 2. The molecule has 0 unspecified atom stereocenters. The number of aliphatic imine (C=N–C) groups is 1. The van der Waals surface area contributed by atoms with Crippen molar-refractivity contribution in [3.63, 3.8) is 0 Å². The standard InChI is InChI=1S/C23H24N2O3S/c1-27-18-12-11-17(15-19(18)28-2)21(26)25-22(29)20(16-9-5-3-6-10-16)24-23(25)13-7-4-8-14-23/h3,5-6,9-12,15H,4,7-8,13-14H2,1-2H3. The summed E-state index contributed by atoms with van der Waals surface area (Å²) in [5, 5.41) is 0. The highest BCUT2D eigenvalue weighted by Crippen LogP contribution is 2.41. The molecule has 0 bridgehead atoms. The number of carbonyl (C=O) groups is 1. The van der Waals surface area contributed by atoms with Gasteiger partial charge in [0.15, 0.2) is 11.5 Å². The Bertz CT molecular complexity index is 965. The molecule has 0 saturated heterocycles. The lowest BCUT2D eigenvalue weighted by molar-refractivity contribution is 0.0648. The second kappa shape index (κ2) is 7.95. The van der Waals surface area contributed by atoms with Crippen molar-refractivity contribution in [3.8, 4) is 11.5 Å². The van der Waals surface area contributed by atoms with Crippen LogP contribution in [0.1, 0.15) is 48.0 Å². The number of hydrogen-bond acceptors (Lipinski definition) is 5. The van der Waals surface area contributed by atoms with E-state index in [1.165, 1.54) is 0 Å². The molecule has 150 valence electrons. The lowest BCUT2D eigenvalue weighted by Crippen LogP contribution is -2.50. The van der Waals surface area contributed by atoms with Crippen molar-refractivity contribution in [2.45, 2.75) is 37.8 Å². The van der Waals surface area contributed by atoms with Gasteiger partial charge in [-0.25, -0.2) is 0 Å². The first-order chi connectivity index (χ1) is 14.1. The van der Waals surface area contributed by atoms with Gasteiger partial charge in [0.05, 0.1) is 14.2 Å². The van der Waals surface area contributed by atoms with Crippen molar-refractivity contribution in [2.24, 2.45) is 4.99 Å². The van der Waals surface area contributed by atoms with E-state index in [0.717, 1.165) is 43.4 Å². The maximum atomic E-state index is 13.6. The van der Waals surface area contributed by atoms with Crippen molar-refractivity contribution < 1.29 is 14.3 Å². The highest BCUT2D eigenvalue weighted by Gasteiger charge is 2.49. The number of nitrogens with zero attached hydrogens (tertiary/aromatic N) is 2. The number of amides is 1. The van der Waals surface area contributed by atoms with Gasteiger partial charge in [-0.3, -0.25) is 14.7 Å². The second-order valence-corrected chi connectivity index (χ2v) is 7.77. The minimum Gasteiger partial charge on any atom is -0.493 e. The fraction of sp³-hybridized carbons (Fsp3) is 0.348. The van der Waals surface area contributed by atoms with Gasteiger partial charge in [0, 0.05) is 11.1 Å². The molecule has 1 saturated carbocycles. The van der Waals surface area contributed by atoms with Gasteiger partial charge in [0.25, 0.3) is 5.91 Å². The lowest BCUT2D eigenvalue weighted by atomic mass is 9.88. The summed E-state index contributed by atoms with van der Waals surface area (Å²) in [4.78, 5) is 20.9. The van der Waals surface area contributed by atoms with Crippen LogP contribution in [0.15, 0.2) is 53.5 Å². The van der Waals surface area contributed by atoms with Crippen LogP contribution < -0.4 is 9.47 Å². The molecule has 2 aliphatic rings. The average molecular weight is 409 g/mol. The third-order valence-electron chi connectivity index (χ3n) is 5.68. The predicted molar refractivity (Wildman–Crippen MR) is 117 cm³/mol. The molecule has 1 amide bonds. The van der Waals surface area contributed by atoms with E-state index in [1.807, 2.05) is 30.3 Å². The van der Waals surface area contributed by atoms with Crippen molar-refractivity contribution in [1.82, 2.24) is 4.90 Å². The third-order valence-corrected chi connectivity index (χ3v) is 6.05. The van der Waals surface area contributed by atoms with Gasteiger partial charge < -0.3 is 9.47 Å². The molecule has 1 aliphatic heterocycles. The summed E-state index contributed by atoms with van der Waals surface area (Å²) in [6, 6.07) is 15.1. The zero-order chi connectivity index (χ0) is 20.4. The summed E-state index contributed by atoms with van der Waals surface area (Å²) in [6.07, 6.45) is 4.86. The predicted octanol–water partition coefficient (Wildman–Crippen LogP) is 4.64. The average Bonchev–Trinajstić information content (AvgIpc) is 3.05. The van der Waals surface area contributed by atoms with Crippen LogP contribution in [0.25, 0.3) is 0 Å². The minimum absolute atomic E-state index is 0.146. The zero-order valence-corrected chi connectivity index (χ0v) is 17.5. The highest BCUT2D eigenvalue weighted by atomic mass is 32.1. The van der Waals surface area contributed by atoms with E-state index in [1.54, 1.807) is 37.3 Å². The smallest absolute Gasteiger partial charge is 0.261 e. The van der Waals surface area contributed by atoms with Crippen LogP contribution in [0, 0.1) is 0 Å². The van der Waals surface area contributed by atoms with E-state index in [0.29, 0.717) is 22.1 Å². The largest absolute Gasteiger partial charge is 0.493 e. The SMILES string of the molecule is COc1ccc(C(=O)N2C(=S)C(c3ccccc3)=NC23CCCCC3)cc1OC. The summed E-state index contributed by atoms with van der Waals surface area (Å²) in [6.45, 7) is 0. The Labute approximate surface area is 176 Å². The summed E-state index contributed by atoms with van der Waals surface area (Å²) < 4.78 is 10.7. The molecular formula is C23H24N2O3S. The molecule has 0 atom stereocenters. The maximum Gasteiger partial charge on any atom is 0.261 e. The fourth-order valence-electron chi connectivity index (χ4n) is 4.22. The fourth-order valence-corrected chi connectivity index (χ4v) is 4.63. The third kappa shape index (κ3) is 3.42. The Morgan fingerprint density at radius 2 is 1.69 bits per heavy atom. The molecular weight excluding hydrogens is 384 g/mol. The molecule has 2 aromatic rings. The summed E-state index contributed by atoms with van der Waals surface area (Å²) in [5.74, 6) is 0.958. The number of benzene rings is 2. The zero-order valence-electron chi connectivity index (χ0n) is 16.7. The molecule has 1 fully saturated rings. The molecule has 1 aliphatic carbocycles. The van der Waals surface area contributed by atoms with E-state index in [2.05, 4.69) is 0 Å². The van der Waals surface area contributed by atoms with E-state index in [-0.39, 0.29) is 5.91 Å². The first-order valence-corrected chi connectivity index (χ1v) is 10.3. The topological polar surface area (TPSA) is 51.1 Å². The quantitative estimate of drug-likeness (QED) is 0.692. The second-order valence-electron chi connectivity index (χ2n) is 7.39. The summed E-state index contributed by atoms with van der Waals surface area (Å²) >= 11 is 5.80. The van der Waals surface area contributed by atoms with Gasteiger partial charge in [-0.05, 0) is 43.9 Å². The maximum absolute atomic E-state index is 13.6. The number of ether oxygens (including phenoxy) is 2. The number of carbonyl (C=O) groups excluding carboxylic acids is 1. The van der Waals surface area contributed by atoms with Crippen LogP contribution in [0.3, 0.4) is 0 Å². The van der Waals surface area contributed by atoms with Crippen LogP contribution in [0.4, 0.5) is 0 Å². The Morgan fingerprint density at radius 1 is 1.00 bits per heavy atom. The molecule has 6 heteroatoms. The Balaban J connectivity index is 1.75. The van der Waals surface area contributed by atoms with E-state index in [9.17, 15) is 4.79 Å². The molecule has 1 spiro atoms. The normalized spacial score (nSPS) is 17.9.